The molecule has 0 saturated heterocycles. The lowest BCUT2D eigenvalue weighted by Crippen LogP contribution is -2.06. The molecule has 0 bridgehead atoms. The van der Waals surface area contributed by atoms with E-state index in [0.717, 1.165) is 5.69 Å². The SMILES string of the molecule is Nc1nc(N)nc(Nc2ccc(/N=C/c3ccc(Nc4nc(N)nc(N)n4)o3)cc2)n1. The van der Waals surface area contributed by atoms with E-state index in [4.69, 9.17) is 27.4 Å². The van der Waals surface area contributed by atoms with Crippen LogP contribution in [0.4, 0.5) is 52.9 Å². The van der Waals surface area contributed by atoms with Gasteiger partial charge in [-0.1, -0.05) is 0 Å². The number of benzene rings is 1. The molecular formula is C17H17N13O. The number of hydrogen-bond donors (Lipinski definition) is 6. The molecule has 14 nitrogen and oxygen atoms in total. The summed E-state index contributed by atoms with van der Waals surface area (Å²) in [4.78, 5) is 27.5. The average molecular weight is 419 g/mol. The van der Waals surface area contributed by atoms with Crippen molar-refractivity contribution < 1.29 is 4.42 Å². The van der Waals surface area contributed by atoms with Gasteiger partial charge in [-0.25, -0.2) is 0 Å². The van der Waals surface area contributed by atoms with E-state index in [0.29, 0.717) is 17.3 Å². The molecule has 3 heterocycles. The molecule has 1 aromatic carbocycles. The molecule has 31 heavy (non-hydrogen) atoms. The van der Waals surface area contributed by atoms with E-state index in [9.17, 15) is 0 Å². The molecule has 4 aromatic rings. The van der Waals surface area contributed by atoms with Gasteiger partial charge >= 0.3 is 0 Å². The first kappa shape index (κ1) is 19.3. The van der Waals surface area contributed by atoms with Crippen LogP contribution in [0.5, 0.6) is 0 Å². The second kappa shape index (κ2) is 8.16. The molecule has 0 fully saturated rings. The topological polar surface area (TPSA) is 231 Å². The number of nitrogen functional groups attached to an aromatic ring is 4. The lowest BCUT2D eigenvalue weighted by atomic mass is 10.3. The van der Waals surface area contributed by atoms with Crippen LogP contribution in [-0.2, 0) is 0 Å². The van der Waals surface area contributed by atoms with Gasteiger partial charge in [-0.2, -0.15) is 29.9 Å². The molecule has 0 atom stereocenters. The summed E-state index contributed by atoms with van der Waals surface area (Å²) >= 11 is 0. The Morgan fingerprint density at radius 1 is 0.677 bits per heavy atom. The monoisotopic (exact) mass is 419 g/mol. The maximum absolute atomic E-state index is 5.61. The molecule has 0 unspecified atom stereocenters. The summed E-state index contributed by atoms with van der Waals surface area (Å²) in [5.41, 5.74) is 23.6. The van der Waals surface area contributed by atoms with Gasteiger partial charge in [0.1, 0.15) is 5.76 Å². The molecular weight excluding hydrogens is 402 g/mol. The molecule has 3 aromatic heterocycles. The van der Waals surface area contributed by atoms with Crippen LogP contribution in [0.25, 0.3) is 0 Å². The van der Waals surface area contributed by atoms with E-state index in [1.165, 1.54) is 0 Å². The molecule has 14 heteroatoms. The number of nitrogens with zero attached hydrogens (tertiary/aromatic N) is 7. The van der Waals surface area contributed by atoms with E-state index in [-0.39, 0.29) is 35.7 Å². The van der Waals surface area contributed by atoms with Crippen molar-refractivity contribution in [3.05, 3.63) is 42.2 Å². The maximum atomic E-state index is 5.61. The summed E-state index contributed by atoms with van der Waals surface area (Å²) in [5.74, 6) is 1.40. The summed E-state index contributed by atoms with van der Waals surface area (Å²) in [6, 6.07) is 10.6. The normalized spacial score (nSPS) is 11.0. The Hall–Kier alpha value is -5.01. The number of anilines is 8. The summed E-state index contributed by atoms with van der Waals surface area (Å²) < 4.78 is 5.61. The van der Waals surface area contributed by atoms with E-state index in [2.05, 4.69) is 45.5 Å². The zero-order valence-electron chi connectivity index (χ0n) is 15.9. The Bertz CT molecular complexity index is 1190. The van der Waals surface area contributed by atoms with E-state index >= 15 is 0 Å². The molecule has 0 aliphatic heterocycles. The molecule has 0 saturated carbocycles. The highest BCUT2D eigenvalue weighted by molar-refractivity contribution is 5.79. The van der Waals surface area contributed by atoms with Gasteiger partial charge in [0.25, 0.3) is 0 Å². The summed E-state index contributed by atoms with van der Waals surface area (Å²) in [6.45, 7) is 0. The number of nitrogens with two attached hydrogens (primary N) is 4. The lowest BCUT2D eigenvalue weighted by molar-refractivity contribution is 0.577. The van der Waals surface area contributed by atoms with Crippen LogP contribution in [0.3, 0.4) is 0 Å². The average Bonchev–Trinajstić information content (AvgIpc) is 3.13. The standard InChI is InChI=1S/C17H17N13O/c18-12-25-13(19)28-16(27-12)23-9-3-1-8(2-4-9)22-7-10-5-6-11(31-10)24-17-29-14(20)26-15(21)30-17/h1-7H,(H5,18,19,23,25,27,28)(H5,20,21,24,26,29,30)/b22-7+. The summed E-state index contributed by atoms with van der Waals surface area (Å²) in [7, 11) is 0. The van der Waals surface area contributed by atoms with E-state index < -0.39 is 0 Å². The second-order valence-corrected chi connectivity index (χ2v) is 6.01. The molecule has 0 amide bonds. The van der Waals surface area contributed by atoms with Gasteiger partial charge in [-0.3, -0.25) is 10.3 Å². The first-order valence-corrected chi connectivity index (χ1v) is 8.75. The van der Waals surface area contributed by atoms with E-state index in [1.807, 2.05) is 0 Å². The zero-order valence-corrected chi connectivity index (χ0v) is 15.9. The summed E-state index contributed by atoms with van der Waals surface area (Å²) in [5, 5.41) is 5.84. The number of furan rings is 1. The van der Waals surface area contributed by atoms with Gasteiger partial charge in [0.15, 0.2) is 5.88 Å². The predicted molar refractivity (Wildman–Crippen MR) is 116 cm³/mol. The van der Waals surface area contributed by atoms with Gasteiger partial charge in [0.2, 0.25) is 35.7 Å². The van der Waals surface area contributed by atoms with Crippen LogP contribution in [0.1, 0.15) is 5.76 Å². The fourth-order valence-corrected chi connectivity index (χ4v) is 2.43. The predicted octanol–water partition coefficient (Wildman–Crippen LogP) is 1.22. The Labute approximate surface area is 174 Å². The number of hydrogen-bond acceptors (Lipinski definition) is 14. The third-order valence-corrected chi connectivity index (χ3v) is 3.67. The van der Waals surface area contributed by atoms with Crippen molar-refractivity contribution >= 4 is 59.2 Å². The number of aromatic nitrogens is 6. The van der Waals surface area contributed by atoms with Gasteiger partial charge < -0.3 is 32.7 Å². The van der Waals surface area contributed by atoms with Crippen LogP contribution in [0, 0.1) is 0 Å². The lowest BCUT2D eigenvalue weighted by Gasteiger charge is -2.05. The minimum absolute atomic E-state index is 0.00343. The number of nitrogens with one attached hydrogen (secondary N) is 2. The number of aliphatic imine (C=N–C) groups is 1. The fraction of sp³-hybridized carbons (Fsp3) is 0. The second-order valence-electron chi connectivity index (χ2n) is 6.01. The van der Waals surface area contributed by atoms with Crippen molar-refractivity contribution in [2.24, 2.45) is 4.99 Å². The van der Waals surface area contributed by atoms with Gasteiger partial charge in [-0.05, 0) is 30.3 Å². The highest BCUT2D eigenvalue weighted by atomic mass is 16.4. The third kappa shape index (κ3) is 5.08. The van der Waals surface area contributed by atoms with Crippen molar-refractivity contribution in [1.82, 2.24) is 29.9 Å². The van der Waals surface area contributed by atoms with Crippen molar-refractivity contribution in [2.45, 2.75) is 0 Å². The van der Waals surface area contributed by atoms with Crippen LogP contribution in [0.15, 0.2) is 45.8 Å². The van der Waals surface area contributed by atoms with Gasteiger partial charge in [-0.15, -0.1) is 0 Å². The molecule has 0 aliphatic rings. The zero-order chi connectivity index (χ0) is 21.8. The highest BCUT2D eigenvalue weighted by Gasteiger charge is 2.06. The minimum atomic E-state index is 0.00343. The maximum Gasteiger partial charge on any atom is 0.236 e. The van der Waals surface area contributed by atoms with Crippen molar-refractivity contribution in [3.8, 4) is 0 Å². The quantitative estimate of drug-likeness (QED) is 0.241. The van der Waals surface area contributed by atoms with Crippen LogP contribution >= 0.6 is 0 Å². The van der Waals surface area contributed by atoms with Crippen LogP contribution in [0.2, 0.25) is 0 Å². The Morgan fingerprint density at radius 2 is 1.23 bits per heavy atom. The first-order chi connectivity index (χ1) is 14.9. The number of rotatable bonds is 6. The fourth-order valence-electron chi connectivity index (χ4n) is 2.43. The Kier molecular flexibility index (Phi) is 5.08. The van der Waals surface area contributed by atoms with E-state index in [1.54, 1.807) is 42.6 Å². The van der Waals surface area contributed by atoms with Gasteiger partial charge in [0.05, 0.1) is 11.9 Å². The summed E-state index contributed by atoms with van der Waals surface area (Å²) in [6.07, 6.45) is 1.57. The van der Waals surface area contributed by atoms with Crippen LogP contribution in [-0.4, -0.2) is 36.1 Å². The molecule has 0 spiro atoms. The van der Waals surface area contributed by atoms with Crippen molar-refractivity contribution in [2.75, 3.05) is 33.6 Å². The molecule has 10 N–H and O–H groups in total. The Morgan fingerprint density at radius 3 is 1.81 bits per heavy atom. The minimum Gasteiger partial charge on any atom is -0.439 e. The third-order valence-electron chi connectivity index (χ3n) is 3.67. The Balaban J connectivity index is 1.39. The molecule has 0 aliphatic carbocycles. The smallest absolute Gasteiger partial charge is 0.236 e. The van der Waals surface area contributed by atoms with Crippen LogP contribution < -0.4 is 33.6 Å². The van der Waals surface area contributed by atoms with Gasteiger partial charge in [0, 0.05) is 11.8 Å². The van der Waals surface area contributed by atoms with Crippen molar-refractivity contribution in [3.63, 3.8) is 0 Å². The molecule has 4 rings (SSSR count). The highest BCUT2D eigenvalue weighted by Crippen LogP contribution is 2.21. The first-order valence-electron chi connectivity index (χ1n) is 8.75. The largest absolute Gasteiger partial charge is 0.439 e. The molecule has 0 radical (unpaired) electrons. The van der Waals surface area contributed by atoms with Crippen molar-refractivity contribution in [1.29, 1.82) is 0 Å². The molecule has 156 valence electrons.